The topological polar surface area (TPSA) is 49.9 Å². The van der Waals surface area contributed by atoms with E-state index in [1.807, 2.05) is 31.2 Å². The fraction of sp³-hybridized carbons (Fsp3) is 0.389. The van der Waals surface area contributed by atoms with E-state index >= 15 is 0 Å². The first-order valence-corrected chi connectivity index (χ1v) is 9.57. The van der Waals surface area contributed by atoms with Crippen LogP contribution in [0, 0.1) is 0 Å². The van der Waals surface area contributed by atoms with Gasteiger partial charge in [-0.2, -0.15) is 0 Å². The third-order valence-electron chi connectivity index (χ3n) is 4.11. The van der Waals surface area contributed by atoms with Crippen molar-refractivity contribution in [3.8, 4) is 5.75 Å². The fourth-order valence-corrected chi connectivity index (χ4v) is 4.07. The minimum absolute atomic E-state index is 0.0314. The molecule has 1 aromatic rings. The second-order valence-corrected chi connectivity index (χ2v) is 7.53. The van der Waals surface area contributed by atoms with Gasteiger partial charge in [0.05, 0.1) is 11.5 Å². The zero-order chi connectivity index (χ0) is 17.8. The summed E-state index contributed by atoms with van der Waals surface area (Å²) in [5, 5.41) is 0. The summed E-state index contributed by atoms with van der Waals surface area (Å²) in [6.45, 7) is 4.13. The van der Waals surface area contributed by atoms with Crippen LogP contribution in [0.5, 0.6) is 5.75 Å². The van der Waals surface area contributed by atoms with Crippen LogP contribution >= 0.6 is 24.0 Å². The number of thioether (sulfide) groups is 1. The molecular formula is C18H20N2O3S2. The van der Waals surface area contributed by atoms with E-state index in [0.29, 0.717) is 15.8 Å². The van der Waals surface area contributed by atoms with Crippen LogP contribution in [0.2, 0.25) is 0 Å². The van der Waals surface area contributed by atoms with E-state index in [4.69, 9.17) is 17.0 Å². The van der Waals surface area contributed by atoms with Crippen molar-refractivity contribution in [2.45, 2.75) is 19.8 Å². The number of benzene rings is 1. The van der Waals surface area contributed by atoms with E-state index in [0.717, 1.165) is 37.2 Å². The van der Waals surface area contributed by atoms with Gasteiger partial charge in [0.2, 0.25) is 5.91 Å². The Morgan fingerprint density at radius 1 is 1.28 bits per heavy atom. The van der Waals surface area contributed by atoms with Crippen LogP contribution in [-0.2, 0) is 9.59 Å². The third-order valence-corrected chi connectivity index (χ3v) is 5.49. The number of rotatable bonds is 5. The van der Waals surface area contributed by atoms with Gasteiger partial charge in [0.1, 0.15) is 16.6 Å². The number of likely N-dealkylation sites (tertiary alicyclic amines) is 1. The molecule has 25 heavy (non-hydrogen) atoms. The van der Waals surface area contributed by atoms with Crippen molar-refractivity contribution in [2.75, 3.05) is 26.2 Å². The predicted octanol–water partition coefficient (Wildman–Crippen LogP) is 2.91. The lowest BCUT2D eigenvalue weighted by atomic mass is 10.2. The van der Waals surface area contributed by atoms with Gasteiger partial charge in [0.15, 0.2) is 0 Å². The molecule has 0 aromatic heterocycles. The Kier molecular flexibility index (Phi) is 5.75. The van der Waals surface area contributed by atoms with Gasteiger partial charge in [-0.25, -0.2) is 0 Å². The van der Waals surface area contributed by atoms with Gasteiger partial charge in [-0.15, -0.1) is 0 Å². The lowest BCUT2D eigenvalue weighted by Gasteiger charge is -2.19. The number of amides is 2. The Balaban J connectivity index is 1.68. The molecule has 5 nitrogen and oxygen atoms in total. The Morgan fingerprint density at radius 2 is 1.96 bits per heavy atom. The van der Waals surface area contributed by atoms with E-state index in [-0.39, 0.29) is 18.4 Å². The molecule has 0 atom stereocenters. The molecule has 2 aliphatic rings. The van der Waals surface area contributed by atoms with Crippen molar-refractivity contribution in [3.05, 3.63) is 34.7 Å². The minimum Gasteiger partial charge on any atom is -0.494 e. The van der Waals surface area contributed by atoms with E-state index in [2.05, 4.69) is 0 Å². The highest BCUT2D eigenvalue weighted by Gasteiger charge is 2.34. The van der Waals surface area contributed by atoms with Crippen LogP contribution in [0.3, 0.4) is 0 Å². The van der Waals surface area contributed by atoms with Gasteiger partial charge in [0.25, 0.3) is 5.91 Å². The first-order chi connectivity index (χ1) is 12.1. The highest BCUT2D eigenvalue weighted by atomic mass is 32.2. The van der Waals surface area contributed by atoms with Crippen LogP contribution in [0.15, 0.2) is 29.2 Å². The number of hydrogen-bond acceptors (Lipinski definition) is 5. The van der Waals surface area contributed by atoms with Crippen molar-refractivity contribution in [3.63, 3.8) is 0 Å². The monoisotopic (exact) mass is 376 g/mol. The molecule has 1 aromatic carbocycles. The first-order valence-electron chi connectivity index (χ1n) is 8.34. The lowest BCUT2D eigenvalue weighted by Crippen LogP contribution is -2.40. The van der Waals surface area contributed by atoms with E-state index in [1.165, 1.54) is 16.7 Å². The summed E-state index contributed by atoms with van der Waals surface area (Å²) < 4.78 is 5.85. The summed E-state index contributed by atoms with van der Waals surface area (Å²) in [5.41, 5.74) is 0.898. The highest BCUT2D eigenvalue weighted by molar-refractivity contribution is 8.26. The van der Waals surface area contributed by atoms with E-state index < -0.39 is 0 Å². The van der Waals surface area contributed by atoms with Crippen molar-refractivity contribution >= 4 is 46.2 Å². The standard InChI is InChI=1S/C18H20N2O3S2/c1-2-23-14-7-5-13(6-8-14)11-15-17(22)20(18(24)25-15)12-16(21)19-9-3-4-10-19/h5-8,11H,2-4,9-10,12H2,1H3/b15-11+. The van der Waals surface area contributed by atoms with Crippen molar-refractivity contribution in [2.24, 2.45) is 0 Å². The number of hydrogen-bond donors (Lipinski definition) is 0. The van der Waals surface area contributed by atoms with Crippen LogP contribution in [0.4, 0.5) is 0 Å². The molecular weight excluding hydrogens is 356 g/mol. The molecule has 2 fully saturated rings. The van der Waals surface area contributed by atoms with Crippen molar-refractivity contribution in [1.29, 1.82) is 0 Å². The normalized spacial score (nSPS) is 19.2. The van der Waals surface area contributed by atoms with Gasteiger partial charge < -0.3 is 9.64 Å². The van der Waals surface area contributed by atoms with E-state index in [1.54, 1.807) is 11.0 Å². The molecule has 2 amide bonds. The van der Waals surface area contributed by atoms with Crippen LogP contribution < -0.4 is 4.74 Å². The Hall–Kier alpha value is -1.86. The summed E-state index contributed by atoms with van der Waals surface area (Å²) in [4.78, 5) is 28.6. The summed E-state index contributed by atoms with van der Waals surface area (Å²) in [5.74, 6) is 0.566. The molecule has 0 aliphatic carbocycles. The number of carbonyl (C=O) groups excluding carboxylic acids is 2. The largest absolute Gasteiger partial charge is 0.494 e. The van der Waals surface area contributed by atoms with Crippen molar-refractivity contribution in [1.82, 2.24) is 9.80 Å². The molecule has 0 saturated carbocycles. The molecule has 0 radical (unpaired) electrons. The zero-order valence-corrected chi connectivity index (χ0v) is 15.7. The van der Waals surface area contributed by atoms with Gasteiger partial charge >= 0.3 is 0 Å². The highest BCUT2D eigenvalue weighted by Crippen LogP contribution is 2.32. The summed E-state index contributed by atoms with van der Waals surface area (Å²) >= 11 is 6.54. The van der Waals surface area contributed by atoms with Gasteiger partial charge in [-0.3, -0.25) is 14.5 Å². The van der Waals surface area contributed by atoms with Crippen LogP contribution in [0.25, 0.3) is 6.08 Å². The summed E-state index contributed by atoms with van der Waals surface area (Å²) in [6.07, 6.45) is 3.86. The number of thiocarbonyl (C=S) groups is 1. The summed E-state index contributed by atoms with van der Waals surface area (Å²) in [6, 6.07) is 7.53. The average Bonchev–Trinajstić information content (AvgIpc) is 3.22. The van der Waals surface area contributed by atoms with Gasteiger partial charge in [-0.1, -0.05) is 36.1 Å². The van der Waals surface area contributed by atoms with E-state index in [9.17, 15) is 9.59 Å². The SMILES string of the molecule is CCOc1ccc(/C=C2/SC(=S)N(CC(=O)N3CCCC3)C2=O)cc1. The van der Waals surface area contributed by atoms with Gasteiger partial charge in [-0.05, 0) is 43.5 Å². The maximum atomic E-state index is 12.6. The Morgan fingerprint density at radius 3 is 2.60 bits per heavy atom. The Labute approximate surface area is 157 Å². The number of ether oxygens (including phenoxy) is 1. The smallest absolute Gasteiger partial charge is 0.266 e. The predicted molar refractivity (Wildman–Crippen MR) is 103 cm³/mol. The molecule has 3 rings (SSSR count). The summed E-state index contributed by atoms with van der Waals surface area (Å²) in [7, 11) is 0. The molecule has 132 valence electrons. The molecule has 2 aliphatic heterocycles. The third kappa shape index (κ3) is 4.22. The molecule has 7 heteroatoms. The van der Waals surface area contributed by atoms with Crippen LogP contribution in [-0.4, -0.2) is 52.2 Å². The molecule has 2 saturated heterocycles. The molecule has 0 N–H and O–H groups in total. The quantitative estimate of drug-likeness (QED) is 0.584. The second kappa shape index (κ2) is 8.01. The maximum Gasteiger partial charge on any atom is 0.266 e. The second-order valence-electron chi connectivity index (χ2n) is 5.86. The molecule has 0 spiro atoms. The van der Waals surface area contributed by atoms with Gasteiger partial charge in [0, 0.05) is 13.1 Å². The van der Waals surface area contributed by atoms with Crippen molar-refractivity contribution < 1.29 is 14.3 Å². The Bertz CT molecular complexity index is 710. The average molecular weight is 377 g/mol. The number of nitrogens with zero attached hydrogens (tertiary/aromatic N) is 2. The maximum absolute atomic E-state index is 12.6. The van der Waals surface area contributed by atoms with Crippen LogP contribution in [0.1, 0.15) is 25.3 Å². The molecule has 0 unspecified atom stereocenters. The zero-order valence-electron chi connectivity index (χ0n) is 14.1. The minimum atomic E-state index is -0.198. The molecule has 0 bridgehead atoms. The molecule has 2 heterocycles. The first kappa shape index (κ1) is 17.9. The lowest BCUT2D eigenvalue weighted by molar-refractivity contribution is -0.134. The number of carbonyl (C=O) groups is 2. The fourth-order valence-electron chi connectivity index (χ4n) is 2.82.